The highest BCUT2D eigenvalue weighted by molar-refractivity contribution is 5.86. The van der Waals surface area contributed by atoms with E-state index in [1.54, 1.807) is 0 Å². The molecule has 0 amide bonds. The van der Waals surface area contributed by atoms with Crippen molar-refractivity contribution in [2.75, 3.05) is 6.61 Å². The van der Waals surface area contributed by atoms with Gasteiger partial charge in [-0.3, -0.25) is 9.59 Å². The molecule has 0 radical (unpaired) electrons. The summed E-state index contributed by atoms with van der Waals surface area (Å²) in [6.07, 6.45) is 0.129. The molecule has 4 heteroatoms. The number of rotatable bonds is 3. The van der Waals surface area contributed by atoms with Crippen molar-refractivity contribution < 1.29 is 19.4 Å². The highest BCUT2D eigenvalue weighted by Gasteiger charge is 2.32. The number of ketones is 2. The first kappa shape index (κ1) is 9.35. The minimum Gasteiger partial charge on any atom is -0.388 e. The molecule has 0 bridgehead atoms. The first-order valence-electron chi connectivity index (χ1n) is 3.94. The Balaban J connectivity index is 2.45. The second-order valence-electron chi connectivity index (χ2n) is 2.93. The Morgan fingerprint density at radius 3 is 2.42 bits per heavy atom. The molecule has 0 aliphatic carbocycles. The molecule has 1 N–H and O–H groups in total. The molecule has 1 rings (SSSR count). The molecular formula is C8H12O4. The van der Waals surface area contributed by atoms with E-state index in [-0.39, 0.29) is 11.6 Å². The standard InChI is InChI=1S/C8H12O4/c1-5(10)7-2-3-8(12-7)6(11)4-9/h7-9H,2-4H2,1H3. The van der Waals surface area contributed by atoms with E-state index in [0.717, 1.165) is 0 Å². The van der Waals surface area contributed by atoms with Gasteiger partial charge in [0.1, 0.15) is 18.8 Å². The van der Waals surface area contributed by atoms with Gasteiger partial charge >= 0.3 is 0 Å². The number of carbonyl (C=O) groups excluding carboxylic acids is 2. The maximum atomic E-state index is 10.9. The van der Waals surface area contributed by atoms with Crippen molar-refractivity contribution in [2.24, 2.45) is 0 Å². The predicted octanol–water partition coefficient (Wildman–Crippen LogP) is -0.316. The Kier molecular flexibility index (Phi) is 2.94. The lowest BCUT2D eigenvalue weighted by molar-refractivity contribution is -0.137. The molecular weight excluding hydrogens is 160 g/mol. The van der Waals surface area contributed by atoms with E-state index in [0.29, 0.717) is 12.8 Å². The van der Waals surface area contributed by atoms with Crippen molar-refractivity contribution in [1.29, 1.82) is 0 Å². The molecule has 0 aromatic rings. The van der Waals surface area contributed by atoms with E-state index in [2.05, 4.69) is 0 Å². The number of aliphatic hydroxyl groups excluding tert-OH is 1. The summed E-state index contributed by atoms with van der Waals surface area (Å²) in [6.45, 7) is 0.936. The third-order valence-electron chi connectivity index (χ3n) is 1.99. The van der Waals surface area contributed by atoms with Crippen LogP contribution in [-0.2, 0) is 14.3 Å². The van der Waals surface area contributed by atoms with E-state index >= 15 is 0 Å². The monoisotopic (exact) mass is 172 g/mol. The first-order chi connectivity index (χ1) is 5.65. The average molecular weight is 172 g/mol. The van der Waals surface area contributed by atoms with E-state index in [1.807, 2.05) is 0 Å². The highest BCUT2D eigenvalue weighted by Crippen LogP contribution is 2.20. The van der Waals surface area contributed by atoms with Crippen molar-refractivity contribution in [3.8, 4) is 0 Å². The Labute approximate surface area is 70.5 Å². The van der Waals surface area contributed by atoms with E-state index < -0.39 is 18.8 Å². The molecule has 0 saturated carbocycles. The smallest absolute Gasteiger partial charge is 0.186 e. The fourth-order valence-corrected chi connectivity index (χ4v) is 1.27. The van der Waals surface area contributed by atoms with Gasteiger partial charge in [-0.2, -0.15) is 0 Å². The topological polar surface area (TPSA) is 63.6 Å². The fraction of sp³-hybridized carbons (Fsp3) is 0.750. The molecule has 1 saturated heterocycles. The highest BCUT2D eigenvalue weighted by atomic mass is 16.5. The van der Waals surface area contributed by atoms with Gasteiger partial charge in [0.05, 0.1) is 0 Å². The molecule has 1 aliphatic rings. The van der Waals surface area contributed by atoms with E-state index in [4.69, 9.17) is 9.84 Å². The number of hydrogen-bond acceptors (Lipinski definition) is 4. The number of Topliss-reactive ketones (excluding diaryl/α,β-unsaturated/α-hetero) is 2. The largest absolute Gasteiger partial charge is 0.388 e. The van der Waals surface area contributed by atoms with Crippen molar-refractivity contribution in [3.63, 3.8) is 0 Å². The van der Waals surface area contributed by atoms with Crippen LogP contribution in [0.1, 0.15) is 19.8 Å². The zero-order valence-corrected chi connectivity index (χ0v) is 6.95. The number of ether oxygens (including phenoxy) is 1. The van der Waals surface area contributed by atoms with E-state index in [1.165, 1.54) is 6.92 Å². The molecule has 12 heavy (non-hydrogen) atoms. The lowest BCUT2D eigenvalue weighted by Gasteiger charge is -2.08. The molecule has 0 spiro atoms. The van der Waals surface area contributed by atoms with Gasteiger partial charge in [-0.1, -0.05) is 0 Å². The van der Waals surface area contributed by atoms with Crippen LogP contribution in [-0.4, -0.2) is 35.5 Å². The van der Waals surface area contributed by atoms with Gasteiger partial charge < -0.3 is 9.84 Å². The fourth-order valence-electron chi connectivity index (χ4n) is 1.27. The van der Waals surface area contributed by atoms with Gasteiger partial charge in [-0.25, -0.2) is 0 Å². The Morgan fingerprint density at radius 1 is 1.42 bits per heavy atom. The van der Waals surface area contributed by atoms with Crippen LogP contribution in [0.3, 0.4) is 0 Å². The summed E-state index contributed by atoms with van der Waals surface area (Å²) >= 11 is 0. The molecule has 1 heterocycles. The molecule has 1 aliphatic heterocycles. The summed E-state index contributed by atoms with van der Waals surface area (Å²) in [5.74, 6) is -0.387. The second kappa shape index (κ2) is 3.78. The zero-order valence-electron chi connectivity index (χ0n) is 6.95. The molecule has 2 atom stereocenters. The SMILES string of the molecule is CC(=O)C1CCC(C(=O)CO)O1. The van der Waals surface area contributed by atoms with Crippen molar-refractivity contribution in [1.82, 2.24) is 0 Å². The summed E-state index contributed by atoms with van der Waals surface area (Å²) in [5.41, 5.74) is 0. The minimum atomic E-state index is -0.566. The summed E-state index contributed by atoms with van der Waals surface area (Å²) in [5, 5.41) is 8.51. The minimum absolute atomic E-state index is 0.0526. The third-order valence-corrected chi connectivity index (χ3v) is 1.99. The first-order valence-corrected chi connectivity index (χ1v) is 3.94. The summed E-state index contributed by atoms with van der Waals surface area (Å²) in [6, 6.07) is 0. The lowest BCUT2D eigenvalue weighted by atomic mass is 10.1. The number of aliphatic hydroxyl groups is 1. The summed E-state index contributed by atoms with van der Waals surface area (Å²) < 4.78 is 5.12. The van der Waals surface area contributed by atoms with Crippen LogP contribution < -0.4 is 0 Å². The summed E-state index contributed by atoms with van der Waals surface area (Å²) in [7, 11) is 0. The second-order valence-corrected chi connectivity index (χ2v) is 2.93. The number of carbonyl (C=O) groups is 2. The Bertz CT molecular complexity index is 199. The van der Waals surface area contributed by atoms with Gasteiger partial charge in [0.15, 0.2) is 11.6 Å². The van der Waals surface area contributed by atoms with Crippen LogP contribution in [0.2, 0.25) is 0 Å². The van der Waals surface area contributed by atoms with Crippen LogP contribution >= 0.6 is 0 Å². The van der Waals surface area contributed by atoms with Gasteiger partial charge in [0, 0.05) is 0 Å². The van der Waals surface area contributed by atoms with Crippen LogP contribution in [0.25, 0.3) is 0 Å². The van der Waals surface area contributed by atoms with E-state index in [9.17, 15) is 9.59 Å². The number of hydrogen-bond donors (Lipinski definition) is 1. The molecule has 1 fully saturated rings. The molecule has 0 aromatic heterocycles. The predicted molar refractivity (Wildman–Crippen MR) is 40.7 cm³/mol. The van der Waals surface area contributed by atoms with Gasteiger partial charge in [0.25, 0.3) is 0 Å². The zero-order chi connectivity index (χ0) is 9.14. The van der Waals surface area contributed by atoms with Crippen molar-refractivity contribution in [2.45, 2.75) is 32.0 Å². The molecule has 0 aromatic carbocycles. The quantitative estimate of drug-likeness (QED) is 0.634. The van der Waals surface area contributed by atoms with Crippen molar-refractivity contribution >= 4 is 11.6 Å². The average Bonchev–Trinajstić information content (AvgIpc) is 2.51. The maximum absolute atomic E-state index is 10.9. The van der Waals surface area contributed by atoms with Crippen LogP contribution in [0, 0.1) is 0 Å². The van der Waals surface area contributed by atoms with Gasteiger partial charge in [-0.05, 0) is 19.8 Å². The Hall–Kier alpha value is -0.740. The Morgan fingerprint density at radius 2 is 2.00 bits per heavy atom. The normalized spacial score (nSPS) is 28.8. The van der Waals surface area contributed by atoms with Crippen LogP contribution in [0.4, 0.5) is 0 Å². The van der Waals surface area contributed by atoms with Crippen LogP contribution in [0.5, 0.6) is 0 Å². The van der Waals surface area contributed by atoms with Crippen molar-refractivity contribution in [3.05, 3.63) is 0 Å². The lowest BCUT2D eigenvalue weighted by Crippen LogP contribution is -2.26. The maximum Gasteiger partial charge on any atom is 0.186 e. The molecule has 68 valence electrons. The van der Waals surface area contributed by atoms with Crippen LogP contribution in [0.15, 0.2) is 0 Å². The summed E-state index contributed by atoms with van der Waals surface area (Å²) in [4.78, 5) is 21.7. The third kappa shape index (κ3) is 1.89. The molecule has 4 nitrogen and oxygen atoms in total. The molecule has 2 unspecified atom stereocenters. The van der Waals surface area contributed by atoms with Gasteiger partial charge in [-0.15, -0.1) is 0 Å². The van der Waals surface area contributed by atoms with Gasteiger partial charge in [0.2, 0.25) is 0 Å².